The van der Waals surface area contributed by atoms with E-state index >= 15 is 0 Å². The average Bonchev–Trinajstić information content (AvgIpc) is 3.63. The van der Waals surface area contributed by atoms with Crippen molar-refractivity contribution in [2.24, 2.45) is 5.41 Å². The lowest BCUT2D eigenvalue weighted by Crippen LogP contribution is -2.41. The second kappa shape index (κ2) is 12.3. The van der Waals surface area contributed by atoms with E-state index in [1.807, 2.05) is 4.90 Å². The highest BCUT2D eigenvalue weighted by atomic mass is 35.5. The van der Waals surface area contributed by atoms with Gasteiger partial charge in [0, 0.05) is 37.5 Å². The molecule has 0 radical (unpaired) electrons. The lowest BCUT2D eigenvalue weighted by molar-refractivity contribution is -0.198. The second-order valence-electron chi connectivity index (χ2n) is 11.7. The number of aromatic nitrogens is 4. The van der Waals surface area contributed by atoms with Gasteiger partial charge in [0.1, 0.15) is 11.9 Å². The van der Waals surface area contributed by atoms with Crippen molar-refractivity contribution >= 4 is 40.9 Å². The third-order valence-corrected chi connectivity index (χ3v) is 9.32. The Bertz CT molecular complexity index is 1780. The number of ether oxygens (including phenoxy) is 1. The molecule has 0 aliphatic carbocycles. The van der Waals surface area contributed by atoms with E-state index in [4.69, 9.17) is 33.7 Å². The van der Waals surface area contributed by atoms with E-state index in [2.05, 4.69) is 20.4 Å². The zero-order valence-corrected chi connectivity index (χ0v) is 26.1. The lowest BCUT2D eigenvalue weighted by Gasteiger charge is -2.39. The summed E-state index contributed by atoms with van der Waals surface area (Å²) in [6.07, 6.45) is -3.88. The van der Waals surface area contributed by atoms with Crippen LogP contribution >= 0.6 is 23.2 Å². The van der Waals surface area contributed by atoms with E-state index in [-0.39, 0.29) is 33.5 Å². The number of hydrogen-bond donors (Lipinski definition) is 3. The number of nitrogens with two attached hydrogens (primary N) is 1. The molecule has 6 rings (SSSR count). The number of carboxylic acid groups (broad SMARTS) is 1. The van der Waals surface area contributed by atoms with Gasteiger partial charge in [0.15, 0.2) is 0 Å². The van der Waals surface area contributed by atoms with E-state index in [0.717, 1.165) is 0 Å². The van der Waals surface area contributed by atoms with Crippen LogP contribution in [0.3, 0.4) is 0 Å². The van der Waals surface area contributed by atoms with Crippen LogP contribution in [-0.4, -0.2) is 62.7 Å². The van der Waals surface area contributed by atoms with Gasteiger partial charge in [-0.3, -0.25) is 4.79 Å². The number of rotatable bonds is 7. The molecule has 4 heterocycles. The molecule has 2 atom stereocenters. The second-order valence-corrected chi connectivity index (χ2v) is 12.5. The van der Waals surface area contributed by atoms with Gasteiger partial charge >= 0.3 is 12.1 Å². The maximum absolute atomic E-state index is 14.9. The third kappa shape index (κ3) is 6.58. The zero-order chi connectivity index (χ0) is 32.8. The van der Waals surface area contributed by atoms with Crippen LogP contribution in [0.4, 0.5) is 24.9 Å². The number of anilines is 2. The Balaban J connectivity index is 1.33. The van der Waals surface area contributed by atoms with Crippen LogP contribution in [0.5, 0.6) is 5.88 Å². The number of nitrogen functional groups attached to an aromatic ring is 1. The predicted molar refractivity (Wildman–Crippen MR) is 168 cm³/mol. The van der Waals surface area contributed by atoms with Crippen molar-refractivity contribution in [2.45, 2.75) is 44.5 Å². The molecule has 2 aliphatic rings. The molecule has 2 fully saturated rings. The number of hydrogen-bond acceptors (Lipinski definition) is 8. The Hall–Kier alpha value is -4.07. The van der Waals surface area contributed by atoms with Gasteiger partial charge in [-0.25, -0.2) is 4.68 Å². The Kier molecular flexibility index (Phi) is 8.51. The fourth-order valence-electron chi connectivity index (χ4n) is 6.14. The number of aryl methyl sites for hydroxylation is 1. The molecular weight excluding hydrogens is 646 g/mol. The molecule has 242 valence electrons. The molecule has 4 N–H and O–H groups in total. The molecule has 2 aromatic carbocycles. The molecule has 2 saturated heterocycles. The maximum atomic E-state index is 14.9. The third-order valence-electron chi connectivity index (χ3n) is 8.58. The molecule has 0 amide bonds. The Morgan fingerprint density at radius 2 is 1.80 bits per heavy atom. The van der Waals surface area contributed by atoms with Crippen LogP contribution < -0.4 is 20.7 Å². The van der Waals surface area contributed by atoms with Crippen molar-refractivity contribution in [3.8, 4) is 22.7 Å². The fourth-order valence-corrected chi connectivity index (χ4v) is 6.44. The highest BCUT2D eigenvalue weighted by Crippen LogP contribution is 2.43. The number of carboxylic acids is 1. The Labute approximate surface area is 272 Å². The fraction of sp³-hybridized carbons (Fsp3) is 0.355. The quantitative estimate of drug-likeness (QED) is 0.208. The molecule has 2 aromatic heterocycles. The number of benzene rings is 2. The minimum absolute atomic E-state index is 0.160. The summed E-state index contributed by atoms with van der Waals surface area (Å²) >= 11 is 12.3. The first kappa shape index (κ1) is 31.9. The number of nitrogens with zero attached hydrogens (tertiary/aromatic N) is 5. The summed E-state index contributed by atoms with van der Waals surface area (Å²) in [5, 5.41) is 17.4. The van der Waals surface area contributed by atoms with Gasteiger partial charge in [-0.05, 0) is 73.1 Å². The van der Waals surface area contributed by atoms with E-state index in [1.165, 1.54) is 22.9 Å². The number of aliphatic carboxylic acids is 1. The molecule has 10 nitrogen and oxygen atoms in total. The number of nitrogens with one attached hydrogen (secondary N) is 1. The summed E-state index contributed by atoms with van der Waals surface area (Å²) in [6, 6.07) is 11.9. The molecule has 1 unspecified atom stereocenters. The monoisotopic (exact) mass is 675 g/mol. The maximum Gasteiger partial charge on any atom is 0.429 e. The molecule has 0 saturated carbocycles. The van der Waals surface area contributed by atoms with E-state index < -0.39 is 24.3 Å². The normalized spacial score (nSPS) is 18.6. The average molecular weight is 677 g/mol. The van der Waals surface area contributed by atoms with Gasteiger partial charge in [0.25, 0.3) is 0 Å². The van der Waals surface area contributed by atoms with E-state index in [9.17, 15) is 23.1 Å². The minimum atomic E-state index is -4.87. The van der Waals surface area contributed by atoms with Gasteiger partial charge in [0.05, 0.1) is 21.4 Å². The molecular formula is C31H30Cl2F3N7O3. The number of alkyl halides is 3. The van der Waals surface area contributed by atoms with Crippen LogP contribution in [0.15, 0.2) is 54.7 Å². The predicted octanol–water partition coefficient (Wildman–Crippen LogP) is 6.24. The largest absolute Gasteiger partial charge is 0.480 e. The highest BCUT2D eigenvalue weighted by molar-refractivity contribution is 6.42. The molecule has 15 heteroatoms. The summed E-state index contributed by atoms with van der Waals surface area (Å²) in [4.78, 5) is 21.6. The number of carbonyl (C=O) groups is 1. The first-order chi connectivity index (χ1) is 21.8. The van der Waals surface area contributed by atoms with Crippen LogP contribution in [0, 0.1) is 12.3 Å². The molecule has 1 spiro atoms. The Morgan fingerprint density at radius 3 is 2.43 bits per heavy atom. The van der Waals surface area contributed by atoms with Gasteiger partial charge in [-0.15, -0.1) is 0 Å². The molecule has 2 aliphatic heterocycles. The van der Waals surface area contributed by atoms with Gasteiger partial charge in [0.2, 0.25) is 17.9 Å². The number of halogens is 5. The lowest BCUT2D eigenvalue weighted by atomic mass is 9.76. The van der Waals surface area contributed by atoms with E-state index in [0.29, 0.717) is 66.6 Å². The van der Waals surface area contributed by atoms with Crippen molar-refractivity contribution in [3.05, 3.63) is 76.0 Å². The van der Waals surface area contributed by atoms with Crippen LogP contribution in [0.1, 0.15) is 36.6 Å². The topological polar surface area (TPSA) is 131 Å². The van der Waals surface area contributed by atoms with Crippen molar-refractivity contribution in [3.63, 3.8) is 0 Å². The van der Waals surface area contributed by atoms with Crippen LogP contribution in [0.25, 0.3) is 16.8 Å². The minimum Gasteiger partial charge on any atom is -0.480 e. The van der Waals surface area contributed by atoms with Crippen molar-refractivity contribution in [1.82, 2.24) is 25.1 Å². The summed E-state index contributed by atoms with van der Waals surface area (Å²) in [5.41, 5.74) is 7.40. The Morgan fingerprint density at radius 1 is 1.09 bits per heavy atom. The van der Waals surface area contributed by atoms with Crippen LogP contribution in [-0.2, 0) is 4.79 Å². The summed E-state index contributed by atoms with van der Waals surface area (Å²) in [5.74, 6) is -1.14. The summed E-state index contributed by atoms with van der Waals surface area (Å²) in [7, 11) is 0. The summed E-state index contributed by atoms with van der Waals surface area (Å²) in [6.45, 7) is 3.35. The van der Waals surface area contributed by atoms with Crippen molar-refractivity contribution in [1.29, 1.82) is 0 Å². The molecule has 46 heavy (non-hydrogen) atoms. The zero-order valence-electron chi connectivity index (χ0n) is 24.6. The standard InChI is InChI=1S/C31H30Cl2F3N7O3/c1-17-6-9-43(41-17)24-5-3-18(19-2-4-21(32)22(33)13-19)12-20(24)27(31(34,35)36)46-26-14-25(39-29(37)40-26)42-10-7-30(8-11-42)15-23(28(44)45)38-16-30/h2-6,9,12-14,23,27,38H,7-8,10-11,15-16H2,1H3,(H,44,45)(H2,37,39,40)/t23?,27-/m1/s1. The molecule has 4 aromatic rings. The van der Waals surface area contributed by atoms with Gasteiger partial charge < -0.3 is 25.8 Å². The van der Waals surface area contributed by atoms with Gasteiger partial charge in [-0.2, -0.15) is 28.2 Å². The van der Waals surface area contributed by atoms with Crippen LogP contribution in [0.2, 0.25) is 10.0 Å². The van der Waals surface area contributed by atoms with Gasteiger partial charge in [-0.1, -0.05) is 35.3 Å². The smallest absolute Gasteiger partial charge is 0.429 e. The summed E-state index contributed by atoms with van der Waals surface area (Å²) < 4.78 is 51.8. The first-order valence-electron chi connectivity index (χ1n) is 14.5. The van der Waals surface area contributed by atoms with Crippen molar-refractivity contribution < 1.29 is 27.8 Å². The first-order valence-corrected chi connectivity index (χ1v) is 15.3. The highest BCUT2D eigenvalue weighted by Gasteiger charge is 2.46. The number of piperidine rings is 1. The van der Waals surface area contributed by atoms with E-state index in [1.54, 1.807) is 43.5 Å². The SMILES string of the molecule is Cc1ccn(-c2ccc(-c3ccc(Cl)c(Cl)c3)cc2[C@@H](Oc2cc(N3CCC4(CC3)CNC(C(=O)O)C4)nc(N)n2)C(F)(F)F)n1. The molecule has 0 bridgehead atoms. The van der Waals surface area contributed by atoms with Crippen molar-refractivity contribution in [2.75, 3.05) is 30.3 Å².